The summed E-state index contributed by atoms with van der Waals surface area (Å²) in [6.45, 7) is 5.38. The molecule has 1 aromatic carbocycles. The lowest BCUT2D eigenvalue weighted by molar-refractivity contribution is 0.0827. The zero-order valence-corrected chi connectivity index (χ0v) is 21.1. The van der Waals surface area contributed by atoms with Crippen LogP contribution in [-0.2, 0) is 17.3 Å². The predicted octanol–water partition coefficient (Wildman–Crippen LogP) is 3.14. The molecule has 6 nitrogen and oxygen atoms in total. The quantitative estimate of drug-likeness (QED) is 0.320. The van der Waals surface area contributed by atoms with Gasteiger partial charge < -0.3 is 15.5 Å². The molecular weight excluding hydrogens is 499 g/mol. The van der Waals surface area contributed by atoms with E-state index in [0.29, 0.717) is 23.4 Å². The van der Waals surface area contributed by atoms with Crippen LogP contribution in [0.4, 0.5) is 0 Å². The molecular formula is C21H35IN4O2S. The summed E-state index contributed by atoms with van der Waals surface area (Å²) in [4.78, 5) is 18.3. The largest absolute Gasteiger partial charge is 0.357 e. The summed E-state index contributed by atoms with van der Waals surface area (Å²) in [5.74, 6) is 1.53. The molecule has 164 valence electrons. The van der Waals surface area contributed by atoms with E-state index in [9.17, 15) is 9.00 Å². The Morgan fingerprint density at radius 2 is 1.90 bits per heavy atom. The summed E-state index contributed by atoms with van der Waals surface area (Å²) < 4.78 is 12.2. The molecule has 0 saturated heterocycles. The molecule has 3 unspecified atom stereocenters. The van der Waals surface area contributed by atoms with E-state index < -0.39 is 10.8 Å². The first kappa shape index (κ1) is 25.9. The summed E-state index contributed by atoms with van der Waals surface area (Å²) in [5, 5.41) is 7.12. The van der Waals surface area contributed by atoms with Gasteiger partial charge >= 0.3 is 0 Å². The van der Waals surface area contributed by atoms with Gasteiger partial charge in [-0.05, 0) is 43.9 Å². The average Bonchev–Trinajstić information content (AvgIpc) is 2.71. The van der Waals surface area contributed by atoms with Gasteiger partial charge in [0, 0.05) is 54.0 Å². The lowest BCUT2D eigenvalue weighted by Crippen LogP contribution is -2.46. The standard InChI is InChI=1S/C21H34N4O2S.HI/c1-5-22-21(24-18-8-7-9-19(14-18)28(27)6-2)23-15-16-10-12-17(13-11-16)20(26)25(3)4;/h10-13,18-19H,5-9,14-15H2,1-4H3,(H2,22,23,24);1H. The Kier molecular flexibility index (Phi) is 11.8. The molecule has 0 radical (unpaired) electrons. The first-order chi connectivity index (χ1) is 13.4. The topological polar surface area (TPSA) is 73.8 Å². The second-order valence-corrected chi connectivity index (χ2v) is 9.40. The smallest absolute Gasteiger partial charge is 0.253 e. The predicted molar refractivity (Wildman–Crippen MR) is 133 cm³/mol. The highest BCUT2D eigenvalue weighted by molar-refractivity contribution is 14.0. The van der Waals surface area contributed by atoms with Crippen LogP contribution < -0.4 is 10.6 Å². The van der Waals surface area contributed by atoms with E-state index in [0.717, 1.165) is 49.5 Å². The van der Waals surface area contributed by atoms with Gasteiger partial charge in [0.15, 0.2) is 5.96 Å². The zero-order valence-electron chi connectivity index (χ0n) is 17.9. The molecule has 0 heterocycles. The third kappa shape index (κ3) is 8.24. The number of hydrogen-bond donors (Lipinski definition) is 2. The van der Waals surface area contributed by atoms with Crippen molar-refractivity contribution in [2.45, 2.75) is 57.4 Å². The zero-order chi connectivity index (χ0) is 20.5. The molecule has 1 fully saturated rings. The van der Waals surface area contributed by atoms with E-state index in [1.807, 2.05) is 31.2 Å². The van der Waals surface area contributed by atoms with Crippen molar-refractivity contribution in [3.8, 4) is 0 Å². The van der Waals surface area contributed by atoms with Crippen LogP contribution in [0.3, 0.4) is 0 Å². The normalized spacial score (nSPS) is 20.3. The molecule has 1 aliphatic rings. The first-order valence-corrected chi connectivity index (χ1v) is 11.5. The van der Waals surface area contributed by atoms with E-state index in [4.69, 9.17) is 4.99 Å². The van der Waals surface area contributed by atoms with Crippen molar-refractivity contribution < 1.29 is 9.00 Å². The molecule has 8 heteroatoms. The van der Waals surface area contributed by atoms with Crippen LogP contribution in [0.5, 0.6) is 0 Å². The van der Waals surface area contributed by atoms with Gasteiger partial charge in [0.2, 0.25) is 0 Å². The molecule has 1 aliphatic carbocycles. The molecule has 1 amide bonds. The fourth-order valence-electron chi connectivity index (χ4n) is 3.45. The van der Waals surface area contributed by atoms with E-state index in [1.165, 1.54) is 0 Å². The Hall–Kier alpha value is -1.16. The highest BCUT2D eigenvalue weighted by Gasteiger charge is 2.26. The summed E-state index contributed by atoms with van der Waals surface area (Å²) in [6.07, 6.45) is 4.19. The SMILES string of the molecule is CCNC(=NCc1ccc(C(=O)N(C)C)cc1)NC1CCCC(S(=O)CC)C1.I. The monoisotopic (exact) mass is 534 g/mol. The first-order valence-electron chi connectivity index (χ1n) is 10.2. The molecule has 1 saturated carbocycles. The third-order valence-corrected chi connectivity index (χ3v) is 6.74. The minimum atomic E-state index is -0.727. The Morgan fingerprint density at radius 1 is 1.21 bits per heavy atom. The van der Waals surface area contributed by atoms with Crippen LogP contribution in [0.25, 0.3) is 0 Å². The maximum Gasteiger partial charge on any atom is 0.253 e. The van der Waals surface area contributed by atoms with Gasteiger partial charge in [-0.25, -0.2) is 4.99 Å². The van der Waals surface area contributed by atoms with Crippen molar-refractivity contribution in [1.82, 2.24) is 15.5 Å². The van der Waals surface area contributed by atoms with Crippen LogP contribution in [0.15, 0.2) is 29.3 Å². The molecule has 1 aromatic rings. The second kappa shape index (κ2) is 13.2. The van der Waals surface area contributed by atoms with Gasteiger partial charge in [0.25, 0.3) is 5.91 Å². The number of carbonyl (C=O) groups excluding carboxylic acids is 1. The number of nitrogens with zero attached hydrogens (tertiary/aromatic N) is 2. The van der Waals surface area contributed by atoms with Gasteiger partial charge in [-0.15, -0.1) is 24.0 Å². The maximum absolute atomic E-state index is 12.2. The highest BCUT2D eigenvalue weighted by atomic mass is 127. The third-order valence-electron chi connectivity index (χ3n) is 4.99. The summed E-state index contributed by atoms with van der Waals surface area (Å²) in [5.41, 5.74) is 1.74. The van der Waals surface area contributed by atoms with E-state index in [-0.39, 0.29) is 29.9 Å². The van der Waals surface area contributed by atoms with Crippen LogP contribution in [0.1, 0.15) is 55.5 Å². The fourth-order valence-corrected chi connectivity index (χ4v) is 4.79. The van der Waals surface area contributed by atoms with Crippen molar-refractivity contribution in [3.05, 3.63) is 35.4 Å². The van der Waals surface area contributed by atoms with Gasteiger partial charge in [-0.3, -0.25) is 9.00 Å². The van der Waals surface area contributed by atoms with E-state index in [2.05, 4.69) is 17.6 Å². The van der Waals surface area contributed by atoms with Crippen molar-refractivity contribution in [1.29, 1.82) is 0 Å². The Labute approximate surface area is 194 Å². The molecule has 0 aliphatic heterocycles. The van der Waals surface area contributed by atoms with Crippen molar-refractivity contribution in [2.24, 2.45) is 4.99 Å². The van der Waals surface area contributed by atoms with E-state index in [1.54, 1.807) is 19.0 Å². The molecule has 29 heavy (non-hydrogen) atoms. The van der Waals surface area contributed by atoms with Gasteiger partial charge in [-0.1, -0.05) is 25.5 Å². The average molecular weight is 535 g/mol. The van der Waals surface area contributed by atoms with Crippen molar-refractivity contribution in [2.75, 3.05) is 26.4 Å². The highest BCUT2D eigenvalue weighted by Crippen LogP contribution is 2.23. The maximum atomic E-state index is 12.2. The minimum Gasteiger partial charge on any atom is -0.357 e. The van der Waals surface area contributed by atoms with Crippen LogP contribution >= 0.6 is 24.0 Å². The summed E-state index contributed by atoms with van der Waals surface area (Å²) >= 11 is 0. The lowest BCUT2D eigenvalue weighted by atomic mass is 9.95. The summed E-state index contributed by atoms with van der Waals surface area (Å²) in [6, 6.07) is 7.90. The molecule has 3 atom stereocenters. The number of benzene rings is 1. The van der Waals surface area contributed by atoms with Gasteiger partial charge in [0.05, 0.1) is 6.54 Å². The van der Waals surface area contributed by atoms with Crippen LogP contribution in [0, 0.1) is 0 Å². The number of amides is 1. The van der Waals surface area contributed by atoms with Gasteiger partial charge in [-0.2, -0.15) is 0 Å². The molecule has 2 N–H and O–H groups in total. The number of guanidine groups is 1. The number of rotatable bonds is 7. The number of aliphatic imine (C=N–C) groups is 1. The molecule has 0 spiro atoms. The lowest BCUT2D eigenvalue weighted by Gasteiger charge is -2.30. The minimum absolute atomic E-state index is 0. The van der Waals surface area contributed by atoms with E-state index >= 15 is 0 Å². The Balaban J connectivity index is 0.00000420. The molecule has 0 bridgehead atoms. The number of hydrogen-bond acceptors (Lipinski definition) is 3. The molecule has 2 rings (SSSR count). The number of carbonyl (C=O) groups is 1. The van der Waals surface area contributed by atoms with Crippen molar-refractivity contribution in [3.63, 3.8) is 0 Å². The second-order valence-electron chi connectivity index (χ2n) is 7.39. The van der Waals surface area contributed by atoms with Crippen LogP contribution in [-0.4, -0.2) is 58.7 Å². The van der Waals surface area contributed by atoms with Crippen molar-refractivity contribution >= 4 is 46.6 Å². The fraction of sp³-hybridized carbons (Fsp3) is 0.619. The molecule has 0 aromatic heterocycles. The number of nitrogens with one attached hydrogen (secondary N) is 2. The number of halogens is 1. The van der Waals surface area contributed by atoms with Gasteiger partial charge in [0.1, 0.15) is 0 Å². The van der Waals surface area contributed by atoms with Crippen LogP contribution in [0.2, 0.25) is 0 Å². The summed E-state index contributed by atoms with van der Waals surface area (Å²) in [7, 11) is 2.77. The Morgan fingerprint density at radius 3 is 2.48 bits per heavy atom. The Bertz CT molecular complexity index is 694.